The smallest absolute Gasteiger partial charge is 0.0465 e. The third kappa shape index (κ3) is 3.03. The normalized spacial score (nSPS) is 17.5. The van der Waals surface area contributed by atoms with Gasteiger partial charge in [-0.25, -0.2) is 0 Å². The van der Waals surface area contributed by atoms with Crippen molar-refractivity contribution in [1.82, 2.24) is 9.88 Å². The molecule has 1 N–H and O–H groups in total. The molecule has 2 heterocycles. The molecule has 0 bridgehead atoms. The lowest BCUT2D eigenvalue weighted by molar-refractivity contribution is 0.203. The topological polar surface area (TPSA) is 19.0 Å². The van der Waals surface area contributed by atoms with Gasteiger partial charge in [-0.05, 0) is 50.2 Å². The third-order valence-electron chi connectivity index (χ3n) is 4.09. The molecule has 2 aromatic rings. The number of nitrogens with one attached hydrogen (secondary N) is 1. The lowest BCUT2D eigenvalue weighted by Gasteiger charge is -2.32. The van der Waals surface area contributed by atoms with Crippen LogP contribution in [0.2, 0.25) is 10.0 Å². The first-order valence-corrected chi connectivity index (χ1v) is 7.78. The maximum atomic E-state index is 6.24. The van der Waals surface area contributed by atoms with Crippen LogP contribution in [0.1, 0.15) is 30.0 Å². The summed E-state index contributed by atoms with van der Waals surface area (Å²) >= 11 is 12.5. The lowest BCUT2D eigenvalue weighted by Crippen LogP contribution is -2.32. The molecule has 1 aromatic heterocycles. The van der Waals surface area contributed by atoms with E-state index in [1.165, 1.54) is 18.5 Å². The minimum absolute atomic E-state index is 0.656. The van der Waals surface area contributed by atoms with Crippen LogP contribution in [0.4, 0.5) is 0 Å². The van der Waals surface area contributed by atoms with Gasteiger partial charge < -0.3 is 4.98 Å². The largest absolute Gasteiger partial charge is 0.365 e. The SMILES string of the molecule is Clc1cccc(Cl)c1CN1CCC(c2ccc[nH]2)CC1. The van der Waals surface area contributed by atoms with E-state index in [-0.39, 0.29) is 0 Å². The molecule has 0 amide bonds. The van der Waals surface area contributed by atoms with Gasteiger partial charge in [0.1, 0.15) is 0 Å². The minimum Gasteiger partial charge on any atom is -0.365 e. The molecule has 1 fully saturated rings. The van der Waals surface area contributed by atoms with E-state index in [1.54, 1.807) is 0 Å². The van der Waals surface area contributed by atoms with Gasteiger partial charge in [0.25, 0.3) is 0 Å². The molecule has 0 radical (unpaired) electrons. The second kappa shape index (κ2) is 6.21. The number of piperidine rings is 1. The summed E-state index contributed by atoms with van der Waals surface area (Å²) in [5.41, 5.74) is 2.41. The molecule has 0 spiro atoms. The zero-order valence-electron chi connectivity index (χ0n) is 11.3. The molecule has 4 heteroatoms. The Morgan fingerprint density at radius 2 is 1.75 bits per heavy atom. The average Bonchev–Trinajstić information content (AvgIpc) is 2.98. The van der Waals surface area contributed by atoms with E-state index < -0.39 is 0 Å². The summed E-state index contributed by atoms with van der Waals surface area (Å²) in [5.74, 6) is 0.656. The number of benzene rings is 1. The van der Waals surface area contributed by atoms with Crippen LogP contribution in [-0.4, -0.2) is 23.0 Å². The van der Waals surface area contributed by atoms with E-state index in [4.69, 9.17) is 23.2 Å². The van der Waals surface area contributed by atoms with Crippen LogP contribution in [0.3, 0.4) is 0 Å². The fourth-order valence-corrected chi connectivity index (χ4v) is 3.42. The maximum Gasteiger partial charge on any atom is 0.0465 e. The monoisotopic (exact) mass is 308 g/mol. The number of hydrogen-bond donors (Lipinski definition) is 1. The van der Waals surface area contributed by atoms with Crippen molar-refractivity contribution < 1.29 is 0 Å². The van der Waals surface area contributed by atoms with Crippen LogP contribution in [-0.2, 0) is 6.54 Å². The molecule has 106 valence electrons. The lowest BCUT2D eigenvalue weighted by atomic mass is 9.93. The predicted molar refractivity (Wildman–Crippen MR) is 84.5 cm³/mol. The molecule has 0 atom stereocenters. The fourth-order valence-electron chi connectivity index (χ4n) is 2.91. The number of rotatable bonds is 3. The molecule has 0 aliphatic carbocycles. The van der Waals surface area contributed by atoms with E-state index in [2.05, 4.69) is 22.0 Å². The van der Waals surface area contributed by atoms with Gasteiger partial charge in [0, 0.05) is 40.0 Å². The van der Waals surface area contributed by atoms with Crippen molar-refractivity contribution >= 4 is 23.2 Å². The van der Waals surface area contributed by atoms with Crippen molar-refractivity contribution in [3.8, 4) is 0 Å². The highest BCUT2D eigenvalue weighted by Crippen LogP contribution is 2.30. The Kier molecular flexibility index (Phi) is 4.35. The molecule has 1 aliphatic heterocycles. The first-order chi connectivity index (χ1) is 9.74. The Morgan fingerprint density at radius 3 is 2.35 bits per heavy atom. The summed E-state index contributed by atoms with van der Waals surface area (Å²) in [4.78, 5) is 5.77. The fraction of sp³-hybridized carbons (Fsp3) is 0.375. The van der Waals surface area contributed by atoms with Gasteiger partial charge in [0.05, 0.1) is 0 Å². The predicted octanol–water partition coefficient (Wildman–Crippen LogP) is 4.70. The standard InChI is InChI=1S/C16H18Cl2N2/c17-14-3-1-4-15(18)13(14)11-20-9-6-12(7-10-20)16-5-2-8-19-16/h1-5,8,12,19H,6-7,9-11H2. The van der Waals surface area contributed by atoms with Gasteiger partial charge in [-0.3, -0.25) is 4.90 Å². The number of aromatic nitrogens is 1. The molecule has 1 aromatic carbocycles. The van der Waals surface area contributed by atoms with Crippen LogP contribution < -0.4 is 0 Å². The van der Waals surface area contributed by atoms with Crippen molar-refractivity contribution in [2.45, 2.75) is 25.3 Å². The molecular weight excluding hydrogens is 291 g/mol. The van der Waals surface area contributed by atoms with Crippen molar-refractivity contribution in [1.29, 1.82) is 0 Å². The highest BCUT2D eigenvalue weighted by molar-refractivity contribution is 6.35. The Morgan fingerprint density at radius 1 is 1.05 bits per heavy atom. The van der Waals surface area contributed by atoms with Crippen LogP contribution in [0.5, 0.6) is 0 Å². The molecular formula is C16H18Cl2N2. The van der Waals surface area contributed by atoms with E-state index in [9.17, 15) is 0 Å². The number of hydrogen-bond acceptors (Lipinski definition) is 1. The quantitative estimate of drug-likeness (QED) is 0.870. The Labute approximate surface area is 129 Å². The van der Waals surface area contributed by atoms with E-state index in [0.29, 0.717) is 5.92 Å². The Balaban J connectivity index is 1.61. The Bertz CT molecular complexity index is 538. The average molecular weight is 309 g/mol. The second-order valence-electron chi connectivity index (χ2n) is 5.38. The van der Waals surface area contributed by atoms with Crippen LogP contribution >= 0.6 is 23.2 Å². The van der Waals surface area contributed by atoms with E-state index in [0.717, 1.165) is 35.2 Å². The van der Waals surface area contributed by atoms with E-state index in [1.807, 2.05) is 24.4 Å². The van der Waals surface area contributed by atoms with Crippen LogP contribution in [0, 0.1) is 0 Å². The van der Waals surface area contributed by atoms with Gasteiger partial charge in [-0.2, -0.15) is 0 Å². The first kappa shape index (κ1) is 14.0. The van der Waals surface area contributed by atoms with Gasteiger partial charge in [0.15, 0.2) is 0 Å². The molecule has 1 saturated heterocycles. The molecule has 0 saturated carbocycles. The summed E-state index contributed by atoms with van der Waals surface area (Å²) in [6.45, 7) is 3.02. The highest BCUT2D eigenvalue weighted by atomic mass is 35.5. The number of halogens is 2. The van der Waals surface area contributed by atoms with Gasteiger partial charge >= 0.3 is 0 Å². The third-order valence-corrected chi connectivity index (χ3v) is 4.80. The van der Waals surface area contributed by atoms with Crippen LogP contribution in [0.25, 0.3) is 0 Å². The summed E-state index contributed by atoms with van der Waals surface area (Å²) in [5, 5.41) is 1.54. The summed E-state index contributed by atoms with van der Waals surface area (Å²) in [6.07, 6.45) is 4.37. The zero-order valence-corrected chi connectivity index (χ0v) is 12.8. The first-order valence-electron chi connectivity index (χ1n) is 7.02. The van der Waals surface area contributed by atoms with Crippen molar-refractivity contribution in [2.24, 2.45) is 0 Å². The summed E-state index contributed by atoms with van der Waals surface area (Å²) < 4.78 is 0. The molecule has 3 rings (SSSR count). The van der Waals surface area contributed by atoms with Crippen molar-refractivity contribution in [3.63, 3.8) is 0 Å². The molecule has 20 heavy (non-hydrogen) atoms. The van der Waals surface area contributed by atoms with E-state index >= 15 is 0 Å². The Hall–Kier alpha value is -0.960. The summed E-state index contributed by atoms with van der Waals surface area (Å²) in [6, 6.07) is 9.98. The maximum absolute atomic E-state index is 6.24. The van der Waals surface area contributed by atoms with Crippen LogP contribution in [0.15, 0.2) is 36.5 Å². The van der Waals surface area contributed by atoms with Gasteiger partial charge in [-0.15, -0.1) is 0 Å². The molecule has 0 unspecified atom stereocenters. The van der Waals surface area contributed by atoms with Crippen molar-refractivity contribution in [3.05, 3.63) is 57.8 Å². The second-order valence-corrected chi connectivity index (χ2v) is 6.19. The zero-order chi connectivity index (χ0) is 13.9. The number of likely N-dealkylation sites (tertiary alicyclic amines) is 1. The van der Waals surface area contributed by atoms with Gasteiger partial charge in [-0.1, -0.05) is 29.3 Å². The molecule has 2 nitrogen and oxygen atoms in total. The van der Waals surface area contributed by atoms with Crippen molar-refractivity contribution in [2.75, 3.05) is 13.1 Å². The van der Waals surface area contributed by atoms with Gasteiger partial charge in [0.2, 0.25) is 0 Å². The number of nitrogens with zero attached hydrogens (tertiary/aromatic N) is 1. The number of H-pyrrole nitrogens is 1. The highest BCUT2D eigenvalue weighted by Gasteiger charge is 2.22. The number of aromatic amines is 1. The summed E-state index contributed by atoms with van der Waals surface area (Å²) in [7, 11) is 0. The molecule has 1 aliphatic rings. The minimum atomic E-state index is 0.656.